The highest BCUT2D eigenvalue weighted by Gasteiger charge is 2.04. The van der Waals surface area contributed by atoms with Crippen LogP contribution in [0.25, 0.3) is 0 Å². The molecular weight excluding hydrogens is 417 g/mol. The summed E-state index contributed by atoms with van der Waals surface area (Å²) in [6.07, 6.45) is 0. The first kappa shape index (κ1) is 20.6. The third-order valence-corrected chi connectivity index (χ3v) is 3.83. The van der Waals surface area contributed by atoms with Crippen molar-refractivity contribution >= 4 is 50.8 Å². The number of nitrogens with zero attached hydrogens (tertiary/aromatic N) is 1. The quantitative estimate of drug-likeness (QED) is 0.639. The zero-order valence-electron chi connectivity index (χ0n) is 12.8. The molecule has 130 valence electrons. The van der Waals surface area contributed by atoms with E-state index in [0.29, 0.717) is 17.3 Å². The molecule has 2 aromatic carbocycles. The van der Waals surface area contributed by atoms with Crippen molar-refractivity contribution in [2.45, 2.75) is 0 Å². The van der Waals surface area contributed by atoms with Crippen molar-refractivity contribution in [1.29, 1.82) is 0 Å². The average Bonchev–Trinajstić information content (AvgIpc) is 2.56. The van der Waals surface area contributed by atoms with Gasteiger partial charge in [0.15, 0.2) is 0 Å². The first-order valence-corrected chi connectivity index (χ1v) is 8.99. The Balaban J connectivity index is 0.000000254. The molecule has 0 bridgehead atoms. The highest BCUT2D eigenvalue weighted by atomic mass is 79.9. The van der Waals surface area contributed by atoms with E-state index in [9.17, 15) is 4.79 Å². The van der Waals surface area contributed by atoms with E-state index in [1.165, 1.54) is 0 Å². The first-order chi connectivity index (χ1) is 11.5. The number of phenols is 1. The smallest absolute Gasteiger partial charge is 0.335 e. The zero-order valence-corrected chi connectivity index (χ0v) is 15.9. The number of carboxylic acid groups (broad SMARTS) is 1. The second kappa shape index (κ2) is 11.2. The van der Waals surface area contributed by atoms with Gasteiger partial charge in [0.05, 0.1) is 5.56 Å². The maximum absolute atomic E-state index is 10.3. The standard InChI is InChI=1S/C10H13Cl2NO.C7H5BrO2/c11-5-7-13(8-6-12)9-1-3-10(14)4-2-9;8-6-3-1-2-5(4-6)7(9)10/h1-4,14H,5-8H2;1-4H,(H,9,10). The molecule has 2 N–H and O–H groups in total. The van der Waals surface area contributed by atoms with Crippen LogP contribution in [0, 0.1) is 0 Å². The van der Waals surface area contributed by atoms with Crippen LogP contribution in [-0.2, 0) is 0 Å². The van der Waals surface area contributed by atoms with E-state index in [0.717, 1.165) is 23.2 Å². The molecule has 0 aliphatic carbocycles. The van der Waals surface area contributed by atoms with Gasteiger partial charge in [-0.15, -0.1) is 23.2 Å². The molecule has 0 heterocycles. The van der Waals surface area contributed by atoms with E-state index in [2.05, 4.69) is 20.8 Å². The fraction of sp³-hybridized carbons (Fsp3) is 0.235. The number of benzene rings is 2. The molecule has 0 radical (unpaired) electrons. The molecule has 0 amide bonds. The summed E-state index contributed by atoms with van der Waals surface area (Å²) in [5, 5.41) is 17.6. The van der Waals surface area contributed by atoms with Crippen molar-refractivity contribution in [3.05, 3.63) is 58.6 Å². The van der Waals surface area contributed by atoms with Gasteiger partial charge in [-0.2, -0.15) is 0 Å². The number of alkyl halides is 2. The number of halogens is 3. The Kier molecular flexibility index (Phi) is 9.60. The number of carbonyl (C=O) groups is 1. The second-order valence-electron chi connectivity index (χ2n) is 4.70. The fourth-order valence-corrected chi connectivity index (χ4v) is 2.67. The topological polar surface area (TPSA) is 60.8 Å². The van der Waals surface area contributed by atoms with Crippen LogP contribution in [-0.4, -0.2) is 41.0 Å². The Labute approximate surface area is 159 Å². The molecule has 0 aromatic heterocycles. The number of aromatic carboxylic acids is 1. The number of aromatic hydroxyl groups is 1. The highest BCUT2D eigenvalue weighted by Crippen LogP contribution is 2.18. The molecule has 0 fully saturated rings. The summed E-state index contributed by atoms with van der Waals surface area (Å²) < 4.78 is 0.785. The summed E-state index contributed by atoms with van der Waals surface area (Å²) in [6, 6.07) is 13.6. The Hall–Kier alpha value is -1.43. The van der Waals surface area contributed by atoms with Crippen LogP contribution in [0.2, 0.25) is 0 Å². The van der Waals surface area contributed by atoms with E-state index in [-0.39, 0.29) is 5.75 Å². The summed E-state index contributed by atoms with van der Waals surface area (Å²) in [5.41, 5.74) is 1.33. The van der Waals surface area contributed by atoms with Gasteiger partial charge in [0.1, 0.15) is 5.75 Å². The molecule has 24 heavy (non-hydrogen) atoms. The van der Waals surface area contributed by atoms with Gasteiger partial charge in [-0.3, -0.25) is 0 Å². The van der Waals surface area contributed by atoms with E-state index >= 15 is 0 Å². The van der Waals surface area contributed by atoms with E-state index in [4.69, 9.17) is 33.4 Å². The monoisotopic (exact) mass is 433 g/mol. The average molecular weight is 435 g/mol. The zero-order chi connectivity index (χ0) is 17.9. The Morgan fingerprint density at radius 3 is 2.04 bits per heavy atom. The molecule has 2 rings (SSSR count). The van der Waals surface area contributed by atoms with Crippen LogP contribution < -0.4 is 4.90 Å². The third-order valence-electron chi connectivity index (χ3n) is 3.00. The van der Waals surface area contributed by atoms with Gasteiger partial charge in [0.25, 0.3) is 0 Å². The first-order valence-electron chi connectivity index (χ1n) is 7.12. The maximum Gasteiger partial charge on any atom is 0.335 e. The lowest BCUT2D eigenvalue weighted by Crippen LogP contribution is -2.27. The molecule has 2 aromatic rings. The predicted octanol–water partition coefficient (Wildman–Crippen LogP) is 4.82. The van der Waals surface area contributed by atoms with E-state index < -0.39 is 5.97 Å². The van der Waals surface area contributed by atoms with Gasteiger partial charge < -0.3 is 15.1 Å². The summed E-state index contributed by atoms with van der Waals surface area (Å²) in [5.74, 6) is 0.502. The van der Waals surface area contributed by atoms with Crippen LogP contribution >= 0.6 is 39.1 Å². The predicted molar refractivity (Wildman–Crippen MR) is 103 cm³/mol. The van der Waals surface area contributed by atoms with Gasteiger partial charge in [0.2, 0.25) is 0 Å². The lowest BCUT2D eigenvalue weighted by atomic mass is 10.2. The lowest BCUT2D eigenvalue weighted by molar-refractivity contribution is 0.0697. The SMILES string of the molecule is O=C(O)c1cccc(Br)c1.Oc1ccc(N(CCCl)CCCl)cc1. The van der Waals surface area contributed by atoms with Crippen LogP contribution in [0.15, 0.2) is 53.0 Å². The molecule has 0 aliphatic heterocycles. The van der Waals surface area contributed by atoms with Gasteiger partial charge in [-0.25, -0.2) is 4.79 Å². The van der Waals surface area contributed by atoms with Gasteiger partial charge in [-0.05, 0) is 42.5 Å². The summed E-state index contributed by atoms with van der Waals surface area (Å²) in [6.45, 7) is 1.53. The van der Waals surface area contributed by atoms with Gasteiger partial charge in [0, 0.05) is 35.0 Å². The highest BCUT2D eigenvalue weighted by molar-refractivity contribution is 9.10. The molecular formula is C17H18BrCl2NO3. The van der Waals surface area contributed by atoms with Crippen LogP contribution in [0.1, 0.15) is 10.4 Å². The van der Waals surface area contributed by atoms with E-state index in [1.54, 1.807) is 36.4 Å². The van der Waals surface area contributed by atoms with Crippen molar-refractivity contribution in [3.8, 4) is 5.75 Å². The fourth-order valence-electron chi connectivity index (χ4n) is 1.86. The van der Waals surface area contributed by atoms with E-state index in [1.807, 2.05) is 12.1 Å². The molecule has 0 saturated carbocycles. The maximum atomic E-state index is 10.3. The summed E-state index contributed by atoms with van der Waals surface area (Å²) in [4.78, 5) is 12.4. The van der Waals surface area contributed by atoms with Crippen molar-refractivity contribution in [1.82, 2.24) is 0 Å². The number of carboxylic acids is 1. The number of hydrogen-bond acceptors (Lipinski definition) is 3. The Morgan fingerprint density at radius 2 is 1.62 bits per heavy atom. The number of hydrogen-bond donors (Lipinski definition) is 2. The molecule has 0 aliphatic rings. The van der Waals surface area contributed by atoms with Crippen molar-refractivity contribution in [3.63, 3.8) is 0 Å². The lowest BCUT2D eigenvalue weighted by Gasteiger charge is -2.22. The number of rotatable bonds is 6. The Morgan fingerprint density at radius 1 is 1.04 bits per heavy atom. The number of anilines is 1. The minimum Gasteiger partial charge on any atom is -0.508 e. The third kappa shape index (κ3) is 7.43. The van der Waals surface area contributed by atoms with Gasteiger partial charge in [-0.1, -0.05) is 22.0 Å². The minimum atomic E-state index is -0.902. The molecule has 0 atom stereocenters. The number of phenolic OH excluding ortho intramolecular Hbond substituents is 1. The molecule has 0 saturated heterocycles. The molecule has 7 heteroatoms. The second-order valence-corrected chi connectivity index (χ2v) is 6.37. The van der Waals surface area contributed by atoms with Crippen molar-refractivity contribution in [2.75, 3.05) is 29.7 Å². The minimum absolute atomic E-state index is 0.269. The van der Waals surface area contributed by atoms with Crippen LogP contribution in [0.5, 0.6) is 5.75 Å². The van der Waals surface area contributed by atoms with Crippen LogP contribution in [0.3, 0.4) is 0 Å². The normalized spacial score (nSPS) is 9.79. The summed E-state index contributed by atoms with van der Waals surface area (Å²) in [7, 11) is 0. The van der Waals surface area contributed by atoms with Crippen molar-refractivity contribution in [2.24, 2.45) is 0 Å². The summed E-state index contributed by atoms with van der Waals surface area (Å²) >= 11 is 14.5. The van der Waals surface area contributed by atoms with Gasteiger partial charge >= 0.3 is 5.97 Å². The molecule has 0 unspecified atom stereocenters. The molecule has 4 nitrogen and oxygen atoms in total. The van der Waals surface area contributed by atoms with Crippen molar-refractivity contribution < 1.29 is 15.0 Å². The van der Waals surface area contributed by atoms with Crippen LogP contribution in [0.4, 0.5) is 5.69 Å². The molecule has 0 spiro atoms. The Bertz CT molecular complexity index is 632. The largest absolute Gasteiger partial charge is 0.508 e.